The molecule has 0 unspecified atom stereocenters. The molecule has 0 atom stereocenters. The maximum atomic E-state index is 8.95. The lowest BCUT2D eigenvalue weighted by molar-refractivity contribution is 0.295. The molecular weight excluding hydrogens is 180 g/mol. The van der Waals surface area contributed by atoms with E-state index in [1.807, 2.05) is 0 Å². The van der Waals surface area contributed by atoms with Crippen LogP contribution in [0.5, 0.6) is 5.88 Å². The van der Waals surface area contributed by atoms with Crippen LogP contribution in [0.15, 0.2) is 0 Å². The Bertz CT molecular complexity index is 300. The molecule has 1 heterocycles. The van der Waals surface area contributed by atoms with E-state index in [0.717, 1.165) is 11.3 Å². The molecule has 0 spiro atoms. The van der Waals surface area contributed by atoms with E-state index in [1.54, 1.807) is 7.11 Å². The third kappa shape index (κ3) is 2.07. The van der Waals surface area contributed by atoms with Gasteiger partial charge < -0.3 is 9.84 Å². The van der Waals surface area contributed by atoms with Gasteiger partial charge in [0.1, 0.15) is 0 Å². The smallest absolute Gasteiger partial charge is 0.235 e. The third-order valence-corrected chi connectivity index (χ3v) is 2.13. The summed E-state index contributed by atoms with van der Waals surface area (Å²) in [6.07, 6.45) is 0.576. The molecule has 0 aliphatic heterocycles. The Morgan fingerprint density at radius 2 is 2.07 bits per heavy atom. The zero-order valence-corrected chi connectivity index (χ0v) is 9.22. The number of nitrogens with one attached hydrogen (secondary N) is 1. The van der Waals surface area contributed by atoms with E-state index in [4.69, 9.17) is 9.84 Å². The largest absolute Gasteiger partial charge is 0.480 e. The van der Waals surface area contributed by atoms with Gasteiger partial charge >= 0.3 is 0 Å². The van der Waals surface area contributed by atoms with E-state index in [1.165, 1.54) is 0 Å². The quantitative estimate of drug-likeness (QED) is 0.768. The van der Waals surface area contributed by atoms with Gasteiger partial charge in [0, 0.05) is 29.7 Å². The first-order valence-corrected chi connectivity index (χ1v) is 4.73. The minimum absolute atomic E-state index is 0.00567. The maximum Gasteiger partial charge on any atom is 0.235 e. The monoisotopic (exact) mass is 198 g/mol. The van der Waals surface area contributed by atoms with Crippen molar-refractivity contribution in [3.63, 3.8) is 0 Å². The highest BCUT2D eigenvalue weighted by atomic mass is 16.5. The first-order chi connectivity index (χ1) is 6.50. The Morgan fingerprint density at radius 3 is 2.50 bits per heavy atom. The molecule has 0 bridgehead atoms. The van der Waals surface area contributed by atoms with Gasteiger partial charge in [-0.1, -0.05) is 20.8 Å². The fraction of sp³-hybridized carbons (Fsp3) is 0.700. The highest BCUT2D eigenvalue weighted by Crippen LogP contribution is 2.29. The number of methoxy groups -OCH3 is 1. The normalized spacial score (nSPS) is 11.8. The van der Waals surface area contributed by atoms with Crippen molar-refractivity contribution < 1.29 is 9.84 Å². The van der Waals surface area contributed by atoms with Crippen molar-refractivity contribution in [1.29, 1.82) is 0 Å². The number of aliphatic hydroxyl groups excluding tert-OH is 1. The summed E-state index contributed by atoms with van der Waals surface area (Å²) in [5.41, 5.74) is 2.00. The van der Waals surface area contributed by atoms with Crippen molar-refractivity contribution in [2.75, 3.05) is 13.7 Å². The standard InChI is InChI=1S/C10H18N2O2/c1-10(2,3)8-7(5-6-13)9(14-4)12-11-8/h13H,5-6H2,1-4H3,(H,11,12). The number of hydrogen-bond acceptors (Lipinski definition) is 3. The number of rotatable bonds is 3. The van der Waals surface area contributed by atoms with Crippen LogP contribution in [-0.4, -0.2) is 29.0 Å². The van der Waals surface area contributed by atoms with E-state index < -0.39 is 0 Å². The molecule has 0 amide bonds. The molecule has 0 aliphatic rings. The molecule has 0 radical (unpaired) electrons. The molecule has 2 N–H and O–H groups in total. The lowest BCUT2D eigenvalue weighted by Gasteiger charge is -2.18. The number of aromatic nitrogens is 2. The summed E-state index contributed by atoms with van der Waals surface area (Å²) in [6, 6.07) is 0. The number of H-pyrrole nitrogens is 1. The Labute approximate surface area is 84.3 Å². The first kappa shape index (κ1) is 11.0. The molecule has 1 aromatic rings. The summed E-state index contributed by atoms with van der Waals surface area (Å²) in [5, 5.41) is 16.0. The molecule has 1 aromatic heterocycles. The van der Waals surface area contributed by atoms with Crippen LogP contribution < -0.4 is 4.74 Å². The van der Waals surface area contributed by atoms with Crippen molar-refractivity contribution >= 4 is 0 Å². The maximum absolute atomic E-state index is 8.95. The lowest BCUT2D eigenvalue weighted by atomic mass is 9.88. The highest BCUT2D eigenvalue weighted by molar-refractivity contribution is 5.34. The second kappa shape index (κ2) is 4.00. The Morgan fingerprint density at radius 1 is 1.43 bits per heavy atom. The van der Waals surface area contributed by atoms with Crippen LogP contribution in [0.25, 0.3) is 0 Å². The Kier molecular flexibility index (Phi) is 3.16. The predicted octanol–water partition coefficient (Wildman–Crippen LogP) is 1.25. The zero-order chi connectivity index (χ0) is 10.8. The molecule has 4 nitrogen and oxygen atoms in total. The fourth-order valence-electron chi connectivity index (χ4n) is 1.48. The molecule has 14 heavy (non-hydrogen) atoms. The van der Waals surface area contributed by atoms with Gasteiger partial charge in [-0.2, -0.15) is 0 Å². The van der Waals surface area contributed by atoms with Crippen LogP contribution in [0.3, 0.4) is 0 Å². The van der Waals surface area contributed by atoms with Gasteiger partial charge in [-0.25, -0.2) is 0 Å². The minimum atomic E-state index is -0.00567. The molecule has 0 fully saturated rings. The van der Waals surface area contributed by atoms with E-state index >= 15 is 0 Å². The van der Waals surface area contributed by atoms with Crippen LogP contribution in [0.1, 0.15) is 32.0 Å². The molecule has 0 aliphatic carbocycles. The minimum Gasteiger partial charge on any atom is -0.480 e. The van der Waals surface area contributed by atoms with Gasteiger partial charge in [0.2, 0.25) is 5.88 Å². The van der Waals surface area contributed by atoms with E-state index in [2.05, 4.69) is 31.0 Å². The van der Waals surface area contributed by atoms with Crippen molar-refractivity contribution in [3.8, 4) is 5.88 Å². The Balaban J connectivity index is 3.10. The number of aliphatic hydroxyl groups is 1. The van der Waals surface area contributed by atoms with Gasteiger partial charge in [0.05, 0.1) is 7.11 Å². The average molecular weight is 198 g/mol. The second-order valence-electron chi connectivity index (χ2n) is 4.31. The highest BCUT2D eigenvalue weighted by Gasteiger charge is 2.23. The van der Waals surface area contributed by atoms with E-state index in [9.17, 15) is 0 Å². The van der Waals surface area contributed by atoms with Gasteiger partial charge in [-0.15, -0.1) is 5.10 Å². The molecule has 0 saturated carbocycles. The zero-order valence-electron chi connectivity index (χ0n) is 9.22. The van der Waals surface area contributed by atoms with Gasteiger partial charge in [0.15, 0.2) is 0 Å². The third-order valence-electron chi connectivity index (χ3n) is 2.13. The molecular formula is C10H18N2O2. The predicted molar refractivity (Wildman–Crippen MR) is 54.6 cm³/mol. The van der Waals surface area contributed by atoms with Crippen molar-refractivity contribution in [2.24, 2.45) is 0 Å². The summed E-state index contributed by atoms with van der Waals surface area (Å²) in [6.45, 7) is 6.40. The van der Waals surface area contributed by atoms with E-state index in [0.29, 0.717) is 12.3 Å². The molecule has 80 valence electrons. The summed E-state index contributed by atoms with van der Waals surface area (Å²) < 4.78 is 5.12. The number of aromatic amines is 1. The van der Waals surface area contributed by atoms with Gasteiger partial charge in [-0.05, 0) is 0 Å². The molecule has 0 aromatic carbocycles. The van der Waals surface area contributed by atoms with Crippen molar-refractivity contribution in [3.05, 3.63) is 11.3 Å². The van der Waals surface area contributed by atoms with E-state index in [-0.39, 0.29) is 12.0 Å². The molecule has 4 heteroatoms. The first-order valence-electron chi connectivity index (χ1n) is 4.73. The number of ether oxygens (including phenoxy) is 1. The summed E-state index contributed by atoms with van der Waals surface area (Å²) in [7, 11) is 1.59. The Hall–Kier alpha value is -1.03. The average Bonchev–Trinajstić information content (AvgIpc) is 2.47. The summed E-state index contributed by atoms with van der Waals surface area (Å²) >= 11 is 0. The molecule has 0 saturated heterocycles. The summed E-state index contributed by atoms with van der Waals surface area (Å²) in [5.74, 6) is 0.587. The van der Waals surface area contributed by atoms with Gasteiger partial charge in [-0.3, -0.25) is 5.10 Å². The number of nitrogens with zero attached hydrogens (tertiary/aromatic N) is 1. The number of hydrogen-bond donors (Lipinski definition) is 2. The van der Waals surface area contributed by atoms with Crippen molar-refractivity contribution in [1.82, 2.24) is 10.2 Å². The van der Waals surface area contributed by atoms with Crippen LogP contribution in [-0.2, 0) is 11.8 Å². The SMILES string of the molecule is COc1n[nH]c(C(C)(C)C)c1CCO. The van der Waals surface area contributed by atoms with Crippen LogP contribution in [0, 0.1) is 0 Å². The lowest BCUT2D eigenvalue weighted by Crippen LogP contribution is -2.15. The fourth-order valence-corrected chi connectivity index (χ4v) is 1.48. The van der Waals surface area contributed by atoms with Crippen molar-refractivity contribution in [2.45, 2.75) is 32.6 Å². The van der Waals surface area contributed by atoms with Crippen LogP contribution in [0.2, 0.25) is 0 Å². The molecule has 1 rings (SSSR count). The van der Waals surface area contributed by atoms with Crippen LogP contribution in [0.4, 0.5) is 0 Å². The second-order valence-corrected chi connectivity index (χ2v) is 4.31. The summed E-state index contributed by atoms with van der Waals surface area (Å²) in [4.78, 5) is 0. The van der Waals surface area contributed by atoms with Crippen LogP contribution >= 0.6 is 0 Å². The topological polar surface area (TPSA) is 58.1 Å². The van der Waals surface area contributed by atoms with Gasteiger partial charge in [0.25, 0.3) is 0 Å².